The van der Waals surface area contributed by atoms with Crippen LogP contribution in [0.4, 0.5) is 11.4 Å². The van der Waals surface area contributed by atoms with Crippen molar-refractivity contribution in [3.63, 3.8) is 0 Å². The number of nitro benzene ring substituents is 1. The monoisotopic (exact) mass is 449 g/mol. The normalized spacial score (nSPS) is 10.7. The zero-order valence-corrected chi connectivity index (χ0v) is 17.7. The first-order chi connectivity index (χ1) is 13.9. The van der Waals surface area contributed by atoms with Crippen LogP contribution >= 0.6 is 34.7 Å². The van der Waals surface area contributed by atoms with E-state index in [1.54, 1.807) is 17.4 Å². The molecule has 3 aromatic rings. The van der Waals surface area contributed by atoms with E-state index in [1.807, 2.05) is 22.9 Å². The van der Waals surface area contributed by atoms with Crippen LogP contribution in [0, 0.1) is 17.0 Å². The topological polar surface area (TPSA) is 103 Å². The van der Waals surface area contributed by atoms with Gasteiger partial charge in [-0.05, 0) is 19.1 Å². The van der Waals surface area contributed by atoms with E-state index in [0.717, 1.165) is 10.4 Å². The predicted octanol–water partition coefficient (Wildman–Crippen LogP) is 4.79. The van der Waals surface area contributed by atoms with Gasteiger partial charge in [0.15, 0.2) is 11.0 Å². The van der Waals surface area contributed by atoms with Crippen molar-refractivity contribution >= 4 is 52.0 Å². The number of anilines is 1. The van der Waals surface area contributed by atoms with Gasteiger partial charge in [0.2, 0.25) is 5.91 Å². The second kappa shape index (κ2) is 9.21. The zero-order chi connectivity index (χ0) is 21.0. The third kappa shape index (κ3) is 5.03. The number of thioether (sulfide) groups is 1. The lowest BCUT2D eigenvalue weighted by Crippen LogP contribution is -2.15. The zero-order valence-electron chi connectivity index (χ0n) is 15.3. The van der Waals surface area contributed by atoms with Gasteiger partial charge in [-0.2, -0.15) is 0 Å². The van der Waals surface area contributed by atoms with Gasteiger partial charge >= 0.3 is 0 Å². The number of allylic oxidation sites excluding steroid dienone is 1. The number of thiophene rings is 1. The van der Waals surface area contributed by atoms with Crippen LogP contribution in [-0.4, -0.2) is 31.3 Å². The maximum Gasteiger partial charge on any atom is 0.271 e. The molecule has 150 valence electrons. The molecule has 0 fully saturated rings. The summed E-state index contributed by atoms with van der Waals surface area (Å²) in [6.07, 6.45) is 1.74. The molecule has 0 aliphatic rings. The van der Waals surface area contributed by atoms with Gasteiger partial charge in [0, 0.05) is 34.5 Å². The summed E-state index contributed by atoms with van der Waals surface area (Å²) >= 11 is 8.85. The molecule has 29 heavy (non-hydrogen) atoms. The fourth-order valence-electron chi connectivity index (χ4n) is 2.50. The first-order valence-electron chi connectivity index (χ1n) is 8.35. The molecule has 0 bridgehead atoms. The SMILES string of the molecule is C=CCn1c(SCC(=O)Nc2cc([N+](=O)[O-])ccc2Cl)nnc1-c1csc(C)c1. The summed E-state index contributed by atoms with van der Waals surface area (Å²) in [5.41, 5.74) is 0.994. The van der Waals surface area contributed by atoms with Crippen LogP contribution in [-0.2, 0) is 11.3 Å². The molecule has 0 saturated heterocycles. The number of rotatable bonds is 8. The molecule has 2 aromatic heterocycles. The Morgan fingerprint density at radius 1 is 1.45 bits per heavy atom. The van der Waals surface area contributed by atoms with Gasteiger partial charge in [0.05, 0.1) is 21.4 Å². The van der Waals surface area contributed by atoms with Crippen LogP contribution in [0.15, 0.2) is 47.5 Å². The van der Waals surface area contributed by atoms with Crippen molar-refractivity contribution in [3.8, 4) is 11.4 Å². The standard InChI is InChI=1S/C18H16ClN5O3S2/c1-3-6-23-17(12-7-11(2)28-9-12)21-22-18(23)29-10-16(25)20-15-8-13(24(26)27)4-5-14(15)19/h3-5,7-9H,1,6,10H2,2H3,(H,20,25). The first-order valence-corrected chi connectivity index (χ1v) is 10.6. The number of benzene rings is 1. The van der Waals surface area contributed by atoms with Crippen molar-refractivity contribution in [1.29, 1.82) is 0 Å². The fraction of sp³-hybridized carbons (Fsp3) is 0.167. The van der Waals surface area contributed by atoms with E-state index < -0.39 is 4.92 Å². The Hall–Kier alpha value is -2.69. The Kier molecular flexibility index (Phi) is 6.68. The lowest BCUT2D eigenvalue weighted by Gasteiger charge is -2.08. The van der Waals surface area contributed by atoms with E-state index in [0.29, 0.717) is 17.5 Å². The van der Waals surface area contributed by atoms with Gasteiger partial charge in [0.25, 0.3) is 5.69 Å². The summed E-state index contributed by atoms with van der Waals surface area (Å²) in [5.74, 6) is 0.383. The van der Waals surface area contributed by atoms with Crippen LogP contribution in [0.3, 0.4) is 0 Å². The van der Waals surface area contributed by atoms with Crippen LogP contribution in [0.1, 0.15) is 4.88 Å². The number of aryl methyl sites for hydroxylation is 1. The molecule has 0 radical (unpaired) electrons. The summed E-state index contributed by atoms with van der Waals surface area (Å²) in [6, 6.07) is 5.90. The van der Waals surface area contributed by atoms with Crippen molar-refractivity contribution in [3.05, 3.63) is 62.3 Å². The Morgan fingerprint density at radius 2 is 2.24 bits per heavy atom. The number of carbonyl (C=O) groups excluding carboxylic acids is 1. The highest BCUT2D eigenvalue weighted by molar-refractivity contribution is 7.99. The van der Waals surface area contributed by atoms with E-state index in [-0.39, 0.29) is 28.1 Å². The molecule has 0 aliphatic heterocycles. The molecule has 1 N–H and O–H groups in total. The molecule has 0 spiro atoms. The minimum atomic E-state index is -0.549. The molecular formula is C18H16ClN5O3S2. The molecular weight excluding hydrogens is 434 g/mol. The van der Waals surface area contributed by atoms with Gasteiger partial charge in [-0.1, -0.05) is 29.4 Å². The van der Waals surface area contributed by atoms with Crippen LogP contribution in [0.2, 0.25) is 5.02 Å². The average molecular weight is 450 g/mol. The van der Waals surface area contributed by atoms with Gasteiger partial charge in [-0.15, -0.1) is 28.1 Å². The van der Waals surface area contributed by atoms with Crippen molar-refractivity contribution < 1.29 is 9.72 Å². The van der Waals surface area contributed by atoms with Gasteiger partial charge in [-0.25, -0.2) is 0 Å². The molecule has 0 saturated carbocycles. The number of halogens is 1. The Balaban J connectivity index is 1.72. The summed E-state index contributed by atoms with van der Waals surface area (Å²) in [4.78, 5) is 23.8. The Labute approximate surface area is 179 Å². The Morgan fingerprint density at radius 3 is 2.90 bits per heavy atom. The van der Waals surface area contributed by atoms with Crippen LogP contribution in [0.5, 0.6) is 0 Å². The fourth-order valence-corrected chi connectivity index (χ4v) is 4.10. The number of nitro groups is 1. The molecule has 2 heterocycles. The number of non-ortho nitro benzene ring substituents is 1. The third-order valence-electron chi connectivity index (χ3n) is 3.78. The molecule has 8 nitrogen and oxygen atoms in total. The lowest BCUT2D eigenvalue weighted by molar-refractivity contribution is -0.384. The number of hydrogen-bond donors (Lipinski definition) is 1. The van der Waals surface area contributed by atoms with Crippen molar-refractivity contribution in [1.82, 2.24) is 14.8 Å². The molecule has 3 rings (SSSR count). The highest BCUT2D eigenvalue weighted by atomic mass is 35.5. The van der Waals surface area contributed by atoms with E-state index in [4.69, 9.17) is 11.6 Å². The number of carbonyl (C=O) groups is 1. The van der Waals surface area contributed by atoms with E-state index in [1.165, 1.54) is 30.0 Å². The highest BCUT2D eigenvalue weighted by Crippen LogP contribution is 2.29. The van der Waals surface area contributed by atoms with E-state index in [2.05, 4.69) is 22.1 Å². The number of aromatic nitrogens is 3. The largest absolute Gasteiger partial charge is 0.324 e. The van der Waals surface area contributed by atoms with Crippen LogP contribution in [0.25, 0.3) is 11.4 Å². The van der Waals surface area contributed by atoms with Gasteiger partial charge < -0.3 is 5.32 Å². The molecule has 0 atom stereocenters. The number of hydrogen-bond acceptors (Lipinski definition) is 7. The summed E-state index contributed by atoms with van der Waals surface area (Å²) < 4.78 is 1.88. The molecule has 11 heteroatoms. The minimum Gasteiger partial charge on any atom is -0.324 e. The second-order valence-corrected chi connectivity index (χ2v) is 8.37. The number of nitrogens with zero attached hydrogens (tertiary/aromatic N) is 4. The summed E-state index contributed by atoms with van der Waals surface area (Å²) in [5, 5.41) is 24.7. The minimum absolute atomic E-state index is 0.0387. The molecule has 1 amide bonds. The quantitative estimate of drug-likeness (QED) is 0.229. The summed E-state index contributed by atoms with van der Waals surface area (Å²) in [7, 11) is 0. The van der Waals surface area contributed by atoms with Crippen molar-refractivity contribution in [2.45, 2.75) is 18.6 Å². The van der Waals surface area contributed by atoms with Gasteiger partial charge in [0.1, 0.15) is 0 Å². The maximum absolute atomic E-state index is 12.3. The average Bonchev–Trinajstić information content (AvgIpc) is 3.28. The predicted molar refractivity (Wildman–Crippen MR) is 116 cm³/mol. The second-order valence-electron chi connectivity index (χ2n) is 5.91. The highest BCUT2D eigenvalue weighted by Gasteiger charge is 2.17. The van der Waals surface area contributed by atoms with Crippen LogP contribution < -0.4 is 5.32 Å². The Bertz CT molecular complexity index is 1080. The lowest BCUT2D eigenvalue weighted by atomic mass is 10.3. The molecule has 1 aromatic carbocycles. The first kappa shape index (κ1) is 21.0. The number of amides is 1. The van der Waals surface area contributed by atoms with E-state index >= 15 is 0 Å². The molecule has 0 unspecified atom stereocenters. The maximum atomic E-state index is 12.3. The summed E-state index contributed by atoms with van der Waals surface area (Å²) in [6.45, 7) is 6.28. The smallest absolute Gasteiger partial charge is 0.271 e. The number of nitrogens with one attached hydrogen (secondary N) is 1. The van der Waals surface area contributed by atoms with Gasteiger partial charge in [-0.3, -0.25) is 19.5 Å². The third-order valence-corrected chi connectivity index (χ3v) is 5.94. The molecule has 0 aliphatic carbocycles. The van der Waals surface area contributed by atoms with Crippen molar-refractivity contribution in [2.24, 2.45) is 0 Å². The van der Waals surface area contributed by atoms with E-state index in [9.17, 15) is 14.9 Å². The van der Waals surface area contributed by atoms with Crippen molar-refractivity contribution in [2.75, 3.05) is 11.1 Å².